The van der Waals surface area contributed by atoms with E-state index in [2.05, 4.69) is 10.1 Å². The van der Waals surface area contributed by atoms with E-state index in [0.717, 1.165) is 0 Å². The third-order valence-electron chi connectivity index (χ3n) is 4.40. The molecule has 0 atom stereocenters. The Kier molecular flexibility index (Phi) is 3.84. The molecule has 0 aliphatic heterocycles. The highest BCUT2D eigenvalue weighted by molar-refractivity contribution is 5.89. The standard InChI is InChI=1S/C20H14FN3O3/c1-11-18(14-7-2-3-8-15(14)21)23-24-17(25)10-16(22-19(11)24)12-5-4-6-13(9-12)20(26)27/h2-10,23H,1H3,(H,26,27). The normalized spacial score (nSPS) is 11.0. The van der Waals surface area contributed by atoms with Crippen LogP contribution in [0.5, 0.6) is 0 Å². The van der Waals surface area contributed by atoms with Crippen molar-refractivity contribution in [3.05, 3.63) is 81.9 Å². The summed E-state index contributed by atoms with van der Waals surface area (Å²) in [6.07, 6.45) is 0. The van der Waals surface area contributed by atoms with Crippen molar-refractivity contribution < 1.29 is 14.3 Å². The summed E-state index contributed by atoms with van der Waals surface area (Å²) in [5.41, 5.74) is 2.38. The van der Waals surface area contributed by atoms with Gasteiger partial charge in [-0.25, -0.2) is 18.7 Å². The number of nitrogens with one attached hydrogen (secondary N) is 1. The fraction of sp³-hybridized carbons (Fsp3) is 0.0500. The van der Waals surface area contributed by atoms with Gasteiger partial charge in [-0.2, -0.15) is 0 Å². The first kappa shape index (κ1) is 16.7. The monoisotopic (exact) mass is 363 g/mol. The van der Waals surface area contributed by atoms with Crippen molar-refractivity contribution >= 4 is 11.6 Å². The second-order valence-electron chi connectivity index (χ2n) is 6.12. The molecular formula is C20H14FN3O3. The Morgan fingerprint density at radius 1 is 1.15 bits per heavy atom. The van der Waals surface area contributed by atoms with Crippen molar-refractivity contribution in [1.82, 2.24) is 14.6 Å². The van der Waals surface area contributed by atoms with E-state index in [4.69, 9.17) is 5.11 Å². The number of nitrogens with zero attached hydrogens (tertiary/aromatic N) is 2. The first-order valence-corrected chi connectivity index (χ1v) is 8.16. The van der Waals surface area contributed by atoms with E-state index in [1.54, 1.807) is 37.3 Å². The molecule has 0 aliphatic rings. The van der Waals surface area contributed by atoms with E-state index in [-0.39, 0.29) is 11.1 Å². The predicted octanol–water partition coefficient (Wildman–Crippen LogP) is 3.50. The van der Waals surface area contributed by atoms with Gasteiger partial charge >= 0.3 is 5.97 Å². The summed E-state index contributed by atoms with van der Waals surface area (Å²) in [7, 11) is 0. The van der Waals surface area contributed by atoms with Crippen LogP contribution in [0.15, 0.2) is 59.4 Å². The summed E-state index contributed by atoms with van der Waals surface area (Å²) in [5.74, 6) is -1.47. The molecule has 0 bridgehead atoms. The quantitative estimate of drug-likeness (QED) is 0.583. The second-order valence-corrected chi connectivity index (χ2v) is 6.12. The molecule has 2 heterocycles. The van der Waals surface area contributed by atoms with Crippen LogP contribution in [0.25, 0.3) is 28.2 Å². The summed E-state index contributed by atoms with van der Waals surface area (Å²) < 4.78 is 15.4. The molecule has 0 spiro atoms. The maximum absolute atomic E-state index is 14.2. The predicted molar refractivity (Wildman–Crippen MR) is 98.3 cm³/mol. The molecule has 2 aromatic carbocycles. The lowest BCUT2D eigenvalue weighted by atomic mass is 10.1. The minimum absolute atomic E-state index is 0.104. The smallest absolute Gasteiger partial charge is 0.335 e. The molecule has 4 aromatic rings. The summed E-state index contributed by atoms with van der Waals surface area (Å²) >= 11 is 0. The van der Waals surface area contributed by atoms with Gasteiger partial charge in [0.05, 0.1) is 17.0 Å². The highest BCUT2D eigenvalue weighted by Crippen LogP contribution is 2.27. The molecule has 27 heavy (non-hydrogen) atoms. The van der Waals surface area contributed by atoms with Gasteiger partial charge in [0.15, 0.2) is 5.65 Å². The van der Waals surface area contributed by atoms with Crippen LogP contribution in [0.4, 0.5) is 4.39 Å². The van der Waals surface area contributed by atoms with Crippen LogP contribution in [-0.2, 0) is 0 Å². The number of carbonyl (C=O) groups is 1. The van der Waals surface area contributed by atoms with Gasteiger partial charge in [0.2, 0.25) is 0 Å². The van der Waals surface area contributed by atoms with Crippen LogP contribution in [0, 0.1) is 12.7 Å². The number of hydrogen-bond acceptors (Lipinski definition) is 3. The number of carboxylic acid groups (broad SMARTS) is 1. The highest BCUT2D eigenvalue weighted by Gasteiger charge is 2.16. The minimum atomic E-state index is -1.06. The summed E-state index contributed by atoms with van der Waals surface area (Å²) in [6.45, 7) is 1.75. The van der Waals surface area contributed by atoms with Crippen molar-refractivity contribution in [2.45, 2.75) is 6.92 Å². The second kappa shape index (κ2) is 6.21. The molecule has 6 nitrogen and oxygen atoms in total. The topological polar surface area (TPSA) is 87.5 Å². The average molecular weight is 363 g/mol. The van der Waals surface area contributed by atoms with Crippen molar-refractivity contribution in [1.29, 1.82) is 0 Å². The number of carboxylic acids is 1. The first-order valence-electron chi connectivity index (χ1n) is 8.16. The Morgan fingerprint density at radius 2 is 1.93 bits per heavy atom. The van der Waals surface area contributed by atoms with E-state index >= 15 is 0 Å². The van der Waals surface area contributed by atoms with Gasteiger partial charge < -0.3 is 5.11 Å². The molecule has 0 radical (unpaired) electrons. The number of fused-ring (bicyclic) bond motifs is 1. The zero-order valence-electron chi connectivity index (χ0n) is 14.2. The largest absolute Gasteiger partial charge is 0.478 e. The van der Waals surface area contributed by atoms with Crippen molar-refractivity contribution in [2.24, 2.45) is 0 Å². The van der Waals surface area contributed by atoms with Gasteiger partial charge in [-0.15, -0.1) is 0 Å². The number of aromatic nitrogens is 3. The number of aromatic amines is 1. The van der Waals surface area contributed by atoms with Crippen molar-refractivity contribution in [3.63, 3.8) is 0 Å². The Balaban J connectivity index is 1.94. The summed E-state index contributed by atoms with van der Waals surface area (Å²) in [6, 6.07) is 13.8. The van der Waals surface area contributed by atoms with Crippen LogP contribution in [0.2, 0.25) is 0 Å². The molecular weight excluding hydrogens is 349 g/mol. The first-order chi connectivity index (χ1) is 13.0. The number of hydrogen-bond donors (Lipinski definition) is 2. The number of halogens is 1. The molecule has 134 valence electrons. The Bertz CT molecular complexity index is 1260. The van der Waals surface area contributed by atoms with Gasteiger partial charge in [-0.3, -0.25) is 9.89 Å². The fourth-order valence-corrected chi connectivity index (χ4v) is 3.03. The van der Waals surface area contributed by atoms with Gasteiger partial charge in [0.1, 0.15) is 5.82 Å². The van der Waals surface area contributed by atoms with E-state index < -0.39 is 11.8 Å². The Hall–Kier alpha value is -3.74. The van der Waals surface area contributed by atoms with Crippen LogP contribution in [0.3, 0.4) is 0 Å². The lowest BCUT2D eigenvalue weighted by Crippen LogP contribution is -2.14. The van der Waals surface area contributed by atoms with Crippen LogP contribution in [-0.4, -0.2) is 25.7 Å². The van der Waals surface area contributed by atoms with Gasteiger partial charge in [0, 0.05) is 22.8 Å². The molecule has 0 amide bonds. The molecule has 4 rings (SSSR count). The van der Waals surface area contributed by atoms with Gasteiger partial charge in [0.25, 0.3) is 5.56 Å². The van der Waals surface area contributed by atoms with E-state index in [1.807, 2.05) is 0 Å². The SMILES string of the molecule is Cc1c(-c2ccccc2F)[nH]n2c(=O)cc(-c3cccc(C(=O)O)c3)nc12. The van der Waals surface area contributed by atoms with Gasteiger partial charge in [-0.1, -0.05) is 24.3 Å². The molecule has 2 N–H and O–H groups in total. The van der Waals surface area contributed by atoms with Crippen LogP contribution in [0.1, 0.15) is 15.9 Å². The lowest BCUT2D eigenvalue weighted by molar-refractivity contribution is 0.0697. The third kappa shape index (κ3) is 2.79. The number of benzene rings is 2. The number of aromatic carboxylic acids is 1. The van der Waals surface area contributed by atoms with Crippen LogP contribution >= 0.6 is 0 Å². The molecule has 0 unspecified atom stereocenters. The zero-order chi connectivity index (χ0) is 19.1. The minimum Gasteiger partial charge on any atom is -0.478 e. The average Bonchev–Trinajstić information content (AvgIpc) is 2.99. The Labute approximate surface area is 152 Å². The number of aryl methyl sites for hydroxylation is 1. The van der Waals surface area contributed by atoms with Crippen LogP contribution < -0.4 is 5.56 Å². The van der Waals surface area contributed by atoms with E-state index in [9.17, 15) is 14.0 Å². The molecule has 0 fully saturated rings. The molecule has 7 heteroatoms. The molecule has 0 aliphatic carbocycles. The maximum Gasteiger partial charge on any atom is 0.335 e. The lowest BCUT2D eigenvalue weighted by Gasteiger charge is -2.03. The maximum atomic E-state index is 14.2. The Morgan fingerprint density at radius 3 is 2.67 bits per heavy atom. The van der Waals surface area contributed by atoms with Gasteiger partial charge in [-0.05, 0) is 31.2 Å². The molecule has 0 saturated carbocycles. The molecule has 0 saturated heterocycles. The third-order valence-corrected chi connectivity index (χ3v) is 4.40. The fourth-order valence-electron chi connectivity index (χ4n) is 3.03. The van der Waals surface area contributed by atoms with Crippen molar-refractivity contribution in [3.8, 4) is 22.5 Å². The van der Waals surface area contributed by atoms with E-state index in [1.165, 1.54) is 28.8 Å². The summed E-state index contributed by atoms with van der Waals surface area (Å²) in [4.78, 5) is 28.2. The zero-order valence-corrected chi connectivity index (χ0v) is 14.2. The number of H-pyrrole nitrogens is 1. The summed E-state index contributed by atoms with van der Waals surface area (Å²) in [5, 5.41) is 12.1. The highest BCUT2D eigenvalue weighted by atomic mass is 19.1. The molecule has 2 aromatic heterocycles. The number of rotatable bonds is 3. The van der Waals surface area contributed by atoms with E-state index in [0.29, 0.717) is 33.7 Å². The van der Waals surface area contributed by atoms with Crippen molar-refractivity contribution in [2.75, 3.05) is 0 Å².